The van der Waals surface area contributed by atoms with Gasteiger partial charge in [-0.05, 0) is 5.56 Å². The van der Waals surface area contributed by atoms with Gasteiger partial charge < -0.3 is 35.4 Å². The van der Waals surface area contributed by atoms with Crippen LogP contribution in [0.3, 0.4) is 0 Å². The standard InChI is InChI=1S/C12H11O.C5H5.Fe/c13-12(11-8-4-5-9-11)10-6-2-1-3-7-10;1-2-4-5-3-1;/h1-9,12-13H;1-5H;/q-1;-5;. The fourth-order valence-corrected chi connectivity index (χ4v) is 1.72. The molecule has 1 unspecified atom stereocenters. The zero-order valence-electron chi connectivity index (χ0n) is 10.5. The van der Waals surface area contributed by atoms with Crippen molar-refractivity contribution in [3.05, 3.63) is 96.1 Å². The molecule has 0 bridgehead atoms. The van der Waals surface area contributed by atoms with E-state index in [4.69, 9.17) is 0 Å². The molecule has 104 valence electrons. The van der Waals surface area contributed by atoms with E-state index in [1.54, 1.807) is 0 Å². The van der Waals surface area contributed by atoms with Crippen LogP contribution in [0.2, 0.25) is 0 Å². The third-order valence-electron chi connectivity index (χ3n) is 2.68. The van der Waals surface area contributed by atoms with Crippen LogP contribution in [0.15, 0.2) is 84.9 Å². The summed E-state index contributed by atoms with van der Waals surface area (Å²) in [5.74, 6) is 0. The molecule has 3 aromatic rings. The van der Waals surface area contributed by atoms with E-state index in [-0.39, 0.29) is 17.1 Å². The van der Waals surface area contributed by atoms with E-state index >= 15 is 0 Å². The second-order valence-corrected chi connectivity index (χ2v) is 3.99. The number of aliphatic hydroxyl groups excluding tert-OH is 1. The fourth-order valence-electron chi connectivity index (χ4n) is 1.72. The predicted octanol–water partition coefficient (Wildman–Crippen LogP) is 3.89. The zero-order chi connectivity index (χ0) is 12.6. The van der Waals surface area contributed by atoms with Crippen LogP contribution in [0.4, 0.5) is 0 Å². The Morgan fingerprint density at radius 2 is 1.26 bits per heavy atom. The van der Waals surface area contributed by atoms with Crippen molar-refractivity contribution in [2.75, 3.05) is 0 Å². The molecule has 3 aromatic carbocycles. The molecular formula is C17H16FeO-6. The van der Waals surface area contributed by atoms with Gasteiger partial charge >= 0.3 is 0 Å². The average Bonchev–Trinajstić information content (AvgIpc) is 3.14. The maximum atomic E-state index is 9.88. The smallest absolute Gasteiger partial charge is 0.0602 e. The number of hydrogen-bond donors (Lipinski definition) is 1. The normalized spacial score (nSPS) is 10.8. The second kappa shape index (κ2) is 8.49. The minimum Gasteiger partial charge on any atom is -0.748 e. The minimum atomic E-state index is -0.490. The van der Waals surface area contributed by atoms with Gasteiger partial charge in [-0.2, -0.15) is 12.1 Å². The summed E-state index contributed by atoms with van der Waals surface area (Å²) in [4.78, 5) is 0. The van der Waals surface area contributed by atoms with E-state index in [2.05, 4.69) is 0 Å². The Morgan fingerprint density at radius 1 is 0.789 bits per heavy atom. The number of aliphatic hydroxyl groups is 1. The van der Waals surface area contributed by atoms with Crippen molar-refractivity contribution >= 4 is 0 Å². The molecule has 3 rings (SSSR count). The Kier molecular flexibility index (Phi) is 6.91. The van der Waals surface area contributed by atoms with Gasteiger partial charge in [0.25, 0.3) is 0 Å². The van der Waals surface area contributed by atoms with Crippen LogP contribution in [-0.2, 0) is 17.1 Å². The molecule has 1 N–H and O–H groups in total. The summed E-state index contributed by atoms with van der Waals surface area (Å²) >= 11 is 0. The molecule has 0 fully saturated rings. The molecule has 0 spiro atoms. The second-order valence-electron chi connectivity index (χ2n) is 3.99. The Labute approximate surface area is 124 Å². The molecule has 0 aliphatic heterocycles. The van der Waals surface area contributed by atoms with Crippen LogP contribution in [0, 0.1) is 0 Å². The summed E-state index contributed by atoms with van der Waals surface area (Å²) < 4.78 is 0. The van der Waals surface area contributed by atoms with Gasteiger partial charge in [0, 0.05) is 17.1 Å². The van der Waals surface area contributed by atoms with E-state index < -0.39 is 6.10 Å². The molecule has 0 radical (unpaired) electrons. The van der Waals surface area contributed by atoms with Crippen molar-refractivity contribution in [1.29, 1.82) is 0 Å². The monoisotopic (exact) mass is 292 g/mol. The molecule has 0 aliphatic carbocycles. The van der Waals surface area contributed by atoms with Gasteiger partial charge in [-0.3, -0.25) is 0 Å². The van der Waals surface area contributed by atoms with Gasteiger partial charge in [-0.1, -0.05) is 30.3 Å². The Morgan fingerprint density at radius 3 is 1.74 bits per heavy atom. The van der Waals surface area contributed by atoms with E-state index in [1.807, 2.05) is 84.9 Å². The van der Waals surface area contributed by atoms with Crippen molar-refractivity contribution in [3.8, 4) is 0 Å². The van der Waals surface area contributed by atoms with Crippen LogP contribution in [-0.4, -0.2) is 5.11 Å². The Hall–Kier alpha value is -1.60. The van der Waals surface area contributed by atoms with E-state index in [9.17, 15) is 5.11 Å². The maximum Gasteiger partial charge on any atom is 0.0602 e. The molecule has 0 saturated carbocycles. The summed E-state index contributed by atoms with van der Waals surface area (Å²) in [6.07, 6.45) is -0.490. The topological polar surface area (TPSA) is 20.2 Å². The van der Waals surface area contributed by atoms with Gasteiger partial charge in [-0.15, -0.1) is 5.56 Å². The first-order valence-electron chi connectivity index (χ1n) is 5.99. The van der Waals surface area contributed by atoms with Crippen molar-refractivity contribution in [3.63, 3.8) is 0 Å². The van der Waals surface area contributed by atoms with Crippen LogP contribution in [0.5, 0.6) is 0 Å². The van der Waals surface area contributed by atoms with Crippen LogP contribution >= 0.6 is 0 Å². The van der Waals surface area contributed by atoms with E-state index in [0.29, 0.717) is 0 Å². The van der Waals surface area contributed by atoms with Crippen molar-refractivity contribution in [2.45, 2.75) is 6.10 Å². The van der Waals surface area contributed by atoms with Gasteiger partial charge in [0.1, 0.15) is 0 Å². The molecular weight excluding hydrogens is 276 g/mol. The summed E-state index contributed by atoms with van der Waals surface area (Å²) in [5, 5.41) is 9.88. The Balaban J connectivity index is 0.000000256. The van der Waals surface area contributed by atoms with Crippen LogP contribution in [0.25, 0.3) is 0 Å². The number of hydrogen-bond acceptors (Lipinski definition) is 1. The quantitative estimate of drug-likeness (QED) is 0.561. The molecule has 0 amide bonds. The first-order chi connectivity index (χ1) is 8.88. The zero-order valence-corrected chi connectivity index (χ0v) is 11.6. The summed E-state index contributed by atoms with van der Waals surface area (Å²) in [6, 6.07) is 27.4. The first-order valence-corrected chi connectivity index (χ1v) is 5.99. The van der Waals surface area contributed by atoms with Gasteiger partial charge in [0.05, 0.1) is 6.10 Å². The van der Waals surface area contributed by atoms with Crippen LogP contribution < -0.4 is 0 Å². The molecule has 19 heavy (non-hydrogen) atoms. The number of rotatable bonds is 2. The van der Waals surface area contributed by atoms with Crippen molar-refractivity contribution in [2.24, 2.45) is 0 Å². The van der Waals surface area contributed by atoms with Crippen molar-refractivity contribution in [1.82, 2.24) is 0 Å². The predicted molar refractivity (Wildman–Crippen MR) is 74.6 cm³/mol. The van der Waals surface area contributed by atoms with Gasteiger partial charge in [0.15, 0.2) is 0 Å². The largest absolute Gasteiger partial charge is 0.748 e. The molecule has 2 heteroatoms. The minimum absolute atomic E-state index is 0. The average molecular weight is 292 g/mol. The van der Waals surface area contributed by atoms with Gasteiger partial charge in [-0.25, -0.2) is 12.1 Å². The third kappa shape index (κ3) is 4.88. The molecule has 1 nitrogen and oxygen atoms in total. The third-order valence-corrected chi connectivity index (χ3v) is 2.68. The summed E-state index contributed by atoms with van der Waals surface area (Å²) in [6.45, 7) is 0. The maximum absolute atomic E-state index is 9.88. The Bertz CT molecular complexity index is 494. The number of benzene rings is 1. The van der Waals surface area contributed by atoms with E-state index in [1.165, 1.54) is 0 Å². The fraction of sp³-hybridized carbons (Fsp3) is 0.0588. The first kappa shape index (κ1) is 15.5. The molecule has 0 saturated heterocycles. The summed E-state index contributed by atoms with van der Waals surface area (Å²) in [5.41, 5.74) is 1.89. The van der Waals surface area contributed by atoms with E-state index in [0.717, 1.165) is 11.1 Å². The molecule has 0 aliphatic rings. The van der Waals surface area contributed by atoms with Crippen molar-refractivity contribution < 1.29 is 22.2 Å². The molecule has 0 heterocycles. The summed E-state index contributed by atoms with van der Waals surface area (Å²) in [7, 11) is 0. The van der Waals surface area contributed by atoms with Gasteiger partial charge in [0.2, 0.25) is 0 Å². The van der Waals surface area contributed by atoms with Crippen LogP contribution in [0.1, 0.15) is 17.2 Å². The molecule has 1 atom stereocenters. The molecule has 0 aromatic heterocycles. The SMILES string of the molecule is OC(c1ccccc1)[c-]1cccc1.[Fe].[cH-]1[cH-][cH-][cH-][cH-]1.